The van der Waals surface area contributed by atoms with Crippen LogP contribution in [0.4, 0.5) is 0 Å². The molecule has 1 N–H and O–H groups in total. The zero-order valence-electron chi connectivity index (χ0n) is 4.65. The Bertz CT molecular complexity index is 283. The van der Waals surface area contributed by atoms with E-state index in [-0.39, 0.29) is 0 Å². The first kappa shape index (κ1) is 4.43. The van der Waals surface area contributed by atoms with Crippen molar-refractivity contribution in [3.05, 3.63) is 24.8 Å². The van der Waals surface area contributed by atoms with Crippen LogP contribution < -0.4 is 4.40 Å². The van der Waals surface area contributed by atoms with Crippen molar-refractivity contribution in [1.29, 1.82) is 0 Å². The minimum Gasteiger partial charge on any atom is -0.198 e. The lowest BCUT2D eigenvalue weighted by atomic mass is 10.7. The summed E-state index contributed by atoms with van der Waals surface area (Å²) in [5, 5.41) is 6.50. The van der Waals surface area contributed by atoms with Crippen LogP contribution in [0.1, 0.15) is 0 Å². The highest BCUT2D eigenvalue weighted by molar-refractivity contribution is 5.09. The number of nitrogens with zero attached hydrogens (tertiary/aromatic N) is 3. The summed E-state index contributed by atoms with van der Waals surface area (Å²) in [6, 6.07) is 1.85. The average molecular weight is 121 g/mol. The Balaban J connectivity index is 2.95. The number of H-pyrrole nitrogens is 1. The number of fused-ring (bicyclic) bond motifs is 1. The van der Waals surface area contributed by atoms with Gasteiger partial charge in [-0.15, -0.1) is 10.1 Å². The lowest BCUT2D eigenvalue weighted by Gasteiger charge is -1.76. The van der Waals surface area contributed by atoms with Crippen LogP contribution in [0.2, 0.25) is 0 Å². The molecule has 0 aliphatic carbocycles. The molecule has 0 radical (unpaired) electrons. The zero-order valence-corrected chi connectivity index (χ0v) is 4.65. The molecule has 0 aliphatic rings. The van der Waals surface area contributed by atoms with Crippen LogP contribution in [-0.2, 0) is 0 Å². The summed E-state index contributed by atoms with van der Waals surface area (Å²) in [6.07, 6.45) is 5.27. The summed E-state index contributed by atoms with van der Waals surface area (Å²) < 4.78 is 1.81. The van der Waals surface area contributed by atoms with Crippen molar-refractivity contribution >= 4 is 5.78 Å². The lowest BCUT2D eigenvalue weighted by molar-refractivity contribution is -0.514. The van der Waals surface area contributed by atoms with Crippen molar-refractivity contribution in [2.45, 2.75) is 0 Å². The molecule has 0 saturated heterocycles. The molecule has 2 heterocycles. The topological polar surface area (TPSA) is 45.7 Å². The fourth-order valence-electron chi connectivity index (χ4n) is 0.711. The molecule has 0 atom stereocenters. The Kier molecular flexibility index (Phi) is 0.745. The van der Waals surface area contributed by atoms with Crippen LogP contribution in [0, 0.1) is 0 Å². The summed E-state index contributed by atoms with van der Waals surface area (Å²) in [5.74, 6) is 0.762. The minimum absolute atomic E-state index is 0.762. The van der Waals surface area contributed by atoms with E-state index in [4.69, 9.17) is 0 Å². The second-order valence-electron chi connectivity index (χ2n) is 1.71. The van der Waals surface area contributed by atoms with Crippen molar-refractivity contribution in [3.8, 4) is 0 Å². The molecule has 0 saturated carbocycles. The molecule has 4 heteroatoms. The second-order valence-corrected chi connectivity index (χ2v) is 1.71. The zero-order chi connectivity index (χ0) is 6.10. The first-order valence-corrected chi connectivity index (χ1v) is 2.62. The summed E-state index contributed by atoms with van der Waals surface area (Å²) in [6.45, 7) is 0. The van der Waals surface area contributed by atoms with E-state index in [0.717, 1.165) is 5.78 Å². The summed E-state index contributed by atoms with van der Waals surface area (Å²) in [7, 11) is 0. The Morgan fingerprint density at radius 3 is 3.44 bits per heavy atom. The van der Waals surface area contributed by atoms with Gasteiger partial charge < -0.3 is 0 Å². The third kappa shape index (κ3) is 0.561. The van der Waals surface area contributed by atoms with Crippen molar-refractivity contribution < 1.29 is 4.40 Å². The Morgan fingerprint density at radius 2 is 2.56 bits per heavy atom. The fraction of sp³-hybridized carbons (Fsp3) is 0. The van der Waals surface area contributed by atoms with Gasteiger partial charge in [0.1, 0.15) is 0 Å². The van der Waals surface area contributed by atoms with Crippen LogP contribution in [0.25, 0.3) is 5.78 Å². The van der Waals surface area contributed by atoms with Gasteiger partial charge in [-0.1, -0.05) is 0 Å². The molecule has 4 nitrogen and oxygen atoms in total. The van der Waals surface area contributed by atoms with E-state index in [1.54, 1.807) is 16.9 Å². The number of aromatic nitrogens is 4. The third-order valence-corrected chi connectivity index (χ3v) is 1.12. The minimum atomic E-state index is 0.762. The summed E-state index contributed by atoms with van der Waals surface area (Å²) >= 11 is 0. The first-order chi connectivity index (χ1) is 4.47. The van der Waals surface area contributed by atoms with Gasteiger partial charge in [0, 0.05) is 0 Å². The largest absolute Gasteiger partial charge is 0.383 e. The Hall–Kier alpha value is -1.45. The van der Waals surface area contributed by atoms with Gasteiger partial charge in [0.25, 0.3) is 0 Å². The van der Waals surface area contributed by atoms with Crippen LogP contribution in [0.3, 0.4) is 0 Å². The molecule has 0 aliphatic heterocycles. The van der Waals surface area contributed by atoms with E-state index in [2.05, 4.69) is 15.2 Å². The van der Waals surface area contributed by atoms with Gasteiger partial charge in [0.2, 0.25) is 6.33 Å². The summed E-state index contributed by atoms with van der Waals surface area (Å²) in [4.78, 5) is 3.99. The summed E-state index contributed by atoms with van der Waals surface area (Å²) in [5.41, 5.74) is 0. The van der Waals surface area contributed by atoms with E-state index < -0.39 is 0 Å². The normalized spacial score (nSPS) is 10.2. The molecule has 0 spiro atoms. The average Bonchev–Trinajstić information content (AvgIpc) is 2.33. The Labute approximate surface area is 51.2 Å². The van der Waals surface area contributed by atoms with E-state index in [1.165, 1.54) is 0 Å². The number of rotatable bonds is 0. The Morgan fingerprint density at radius 1 is 1.56 bits per heavy atom. The monoisotopic (exact) mass is 121 g/mol. The molecule has 2 aromatic rings. The highest BCUT2D eigenvalue weighted by Crippen LogP contribution is 1.78. The maximum atomic E-state index is 3.99. The molecule has 2 aromatic heterocycles. The highest BCUT2D eigenvalue weighted by Gasteiger charge is 1.97. The molecule has 9 heavy (non-hydrogen) atoms. The van der Waals surface area contributed by atoms with Crippen molar-refractivity contribution in [3.63, 3.8) is 0 Å². The molecule has 44 valence electrons. The molecular weight excluding hydrogens is 116 g/mol. The number of nitrogens with one attached hydrogen (secondary N) is 1. The van der Waals surface area contributed by atoms with Crippen LogP contribution >= 0.6 is 0 Å². The van der Waals surface area contributed by atoms with Crippen LogP contribution in [0.15, 0.2) is 24.8 Å². The van der Waals surface area contributed by atoms with E-state index in [0.29, 0.717) is 0 Å². The standard InChI is InChI=1S/C5H4N4/c1-2-6-5-8-7-4-9(5)3-1/h1-4H/p+1. The van der Waals surface area contributed by atoms with Gasteiger partial charge in [-0.3, -0.25) is 0 Å². The molecule has 0 bridgehead atoms. The maximum Gasteiger partial charge on any atom is 0.383 e. The fourth-order valence-corrected chi connectivity index (χ4v) is 0.711. The lowest BCUT2D eigenvalue weighted by Crippen LogP contribution is -2.17. The SMILES string of the molecule is c1cnc2[nH]nc[n+]2c1. The molecular formula is C5H5N4+. The van der Waals surface area contributed by atoms with Crippen LogP contribution in [0.5, 0.6) is 0 Å². The predicted octanol–water partition coefficient (Wildman–Crippen LogP) is -0.457. The first-order valence-electron chi connectivity index (χ1n) is 2.62. The predicted molar refractivity (Wildman–Crippen MR) is 29.5 cm³/mol. The molecule has 0 fully saturated rings. The van der Waals surface area contributed by atoms with Gasteiger partial charge in [0.15, 0.2) is 0 Å². The molecule has 2 rings (SSSR count). The number of aromatic amines is 1. The number of hydrogen-bond acceptors (Lipinski definition) is 2. The van der Waals surface area contributed by atoms with E-state index in [9.17, 15) is 0 Å². The van der Waals surface area contributed by atoms with Gasteiger partial charge in [0.05, 0.1) is 12.4 Å². The van der Waals surface area contributed by atoms with Gasteiger partial charge in [-0.05, 0) is 11.2 Å². The van der Waals surface area contributed by atoms with Crippen molar-refractivity contribution in [1.82, 2.24) is 15.2 Å². The van der Waals surface area contributed by atoms with Crippen molar-refractivity contribution in [2.75, 3.05) is 0 Å². The molecule has 0 aromatic carbocycles. The smallest absolute Gasteiger partial charge is 0.198 e. The highest BCUT2D eigenvalue weighted by atomic mass is 15.3. The van der Waals surface area contributed by atoms with E-state index >= 15 is 0 Å². The third-order valence-electron chi connectivity index (χ3n) is 1.12. The quantitative estimate of drug-likeness (QED) is 0.479. The molecule has 0 amide bonds. The van der Waals surface area contributed by atoms with Gasteiger partial charge >= 0.3 is 5.78 Å². The van der Waals surface area contributed by atoms with Gasteiger partial charge in [-0.25, -0.2) is 0 Å². The van der Waals surface area contributed by atoms with Gasteiger partial charge in [-0.2, -0.15) is 4.40 Å². The maximum absolute atomic E-state index is 3.99. The van der Waals surface area contributed by atoms with Crippen LogP contribution in [-0.4, -0.2) is 15.2 Å². The van der Waals surface area contributed by atoms with Crippen molar-refractivity contribution in [2.24, 2.45) is 0 Å². The molecule has 0 unspecified atom stereocenters. The second kappa shape index (κ2) is 1.51. The number of hydrogen-bond donors (Lipinski definition) is 1. The van der Waals surface area contributed by atoms with E-state index in [1.807, 2.05) is 12.3 Å².